The zero-order chi connectivity index (χ0) is 25.1. The minimum atomic E-state index is -0.365. The normalized spacial score (nSPS) is 17.2. The lowest BCUT2D eigenvalue weighted by atomic mass is 9.95. The Kier molecular flexibility index (Phi) is 7.73. The van der Waals surface area contributed by atoms with E-state index in [4.69, 9.17) is 9.47 Å². The average Bonchev–Trinajstić information content (AvgIpc) is 3.65. The summed E-state index contributed by atoms with van der Waals surface area (Å²) >= 11 is 2.81. The Morgan fingerprint density at radius 1 is 1.28 bits per heavy atom. The Labute approximate surface area is 217 Å². The van der Waals surface area contributed by atoms with Gasteiger partial charge in [0.05, 0.1) is 30.6 Å². The van der Waals surface area contributed by atoms with Crippen LogP contribution in [0.1, 0.15) is 53.4 Å². The first kappa shape index (κ1) is 25.0. The fraction of sp³-hybridized carbons (Fsp3) is 0.542. The minimum absolute atomic E-state index is 0.0845. The third-order valence-corrected chi connectivity index (χ3v) is 8.48. The number of amides is 1. The molecule has 192 valence electrons. The van der Waals surface area contributed by atoms with E-state index in [0.29, 0.717) is 34.7 Å². The standard InChI is InChI=1S/C24H30N6O4S2/c1-3-33-23(32)20-16-8-4-5-9-18(16)36-22(20)25-19(31)14-35-24-27-26-21(17-10-11-29(2)28-17)30(24)13-15-7-6-12-34-15/h10-11,15H,3-9,12-14H2,1-2H3,(H,25,31)/t15-/m1/s1. The molecule has 5 rings (SSSR count). The predicted octanol–water partition coefficient (Wildman–Crippen LogP) is 3.71. The van der Waals surface area contributed by atoms with Gasteiger partial charge in [0.25, 0.3) is 0 Å². The maximum absolute atomic E-state index is 13.0. The van der Waals surface area contributed by atoms with Crippen LogP contribution in [0, 0.1) is 0 Å². The van der Waals surface area contributed by atoms with Crippen molar-refractivity contribution in [3.8, 4) is 11.5 Å². The summed E-state index contributed by atoms with van der Waals surface area (Å²) < 4.78 is 14.9. The summed E-state index contributed by atoms with van der Waals surface area (Å²) in [6.45, 7) is 3.45. The molecule has 12 heteroatoms. The number of anilines is 1. The Morgan fingerprint density at radius 2 is 2.14 bits per heavy atom. The highest BCUT2D eigenvalue weighted by atomic mass is 32.2. The number of carbonyl (C=O) groups is 2. The molecule has 0 saturated carbocycles. The quantitative estimate of drug-likeness (QED) is 0.329. The Hall–Kier alpha value is -2.70. The largest absolute Gasteiger partial charge is 0.462 e. The molecule has 0 radical (unpaired) electrons. The fourth-order valence-electron chi connectivity index (χ4n) is 4.64. The molecule has 10 nitrogen and oxygen atoms in total. The number of fused-ring (bicyclic) bond motifs is 1. The zero-order valence-corrected chi connectivity index (χ0v) is 22.1. The number of hydrogen-bond acceptors (Lipinski definition) is 9. The van der Waals surface area contributed by atoms with Crippen LogP contribution >= 0.6 is 23.1 Å². The molecule has 1 amide bonds. The first-order valence-corrected chi connectivity index (χ1v) is 14.1. The van der Waals surface area contributed by atoms with E-state index in [1.54, 1.807) is 11.6 Å². The van der Waals surface area contributed by atoms with E-state index in [9.17, 15) is 9.59 Å². The number of thioether (sulfide) groups is 1. The lowest BCUT2D eigenvalue weighted by Gasteiger charge is -2.14. The van der Waals surface area contributed by atoms with Gasteiger partial charge in [0.2, 0.25) is 5.91 Å². The third-order valence-electron chi connectivity index (χ3n) is 6.31. The molecule has 3 aromatic heterocycles. The molecule has 0 spiro atoms. The smallest absolute Gasteiger partial charge is 0.341 e. The van der Waals surface area contributed by atoms with Gasteiger partial charge in [-0.25, -0.2) is 4.79 Å². The maximum atomic E-state index is 13.0. The molecule has 1 fully saturated rings. The van der Waals surface area contributed by atoms with Crippen molar-refractivity contribution in [1.82, 2.24) is 24.5 Å². The van der Waals surface area contributed by atoms with Gasteiger partial charge in [-0.2, -0.15) is 5.10 Å². The molecule has 1 N–H and O–H groups in total. The highest BCUT2D eigenvalue weighted by Gasteiger charge is 2.28. The van der Waals surface area contributed by atoms with Gasteiger partial charge >= 0.3 is 5.97 Å². The van der Waals surface area contributed by atoms with Crippen molar-refractivity contribution < 1.29 is 19.1 Å². The van der Waals surface area contributed by atoms with Crippen LogP contribution in [0.4, 0.5) is 5.00 Å². The maximum Gasteiger partial charge on any atom is 0.341 e. The van der Waals surface area contributed by atoms with Crippen LogP contribution in [-0.4, -0.2) is 61.5 Å². The summed E-state index contributed by atoms with van der Waals surface area (Å²) in [7, 11) is 1.86. The summed E-state index contributed by atoms with van der Waals surface area (Å²) in [5, 5.41) is 17.4. The van der Waals surface area contributed by atoms with Crippen LogP contribution in [0.2, 0.25) is 0 Å². The molecule has 0 unspecified atom stereocenters. The van der Waals surface area contributed by atoms with Crippen LogP contribution in [0.15, 0.2) is 17.4 Å². The van der Waals surface area contributed by atoms with E-state index >= 15 is 0 Å². The van der Waals surface area contributed by atoms with Crippen LogP contribution < -0.4 is 5.32 Å². The van der Waals surface area contributed by atoms with Crippen molar-refractivity contribution in [2.75, 3.05) is 24.3 Å². The van der Waals surface area contributed by atoms with E-state index in [1.807, 2.05) is 23.9 Å². The molecule has 0 aromatic carbocycles. The van der Waals surface area contributed by atoms with Gasteiger partial charge in [0.15, 0.2) is 11.0 Å². The fourth-order valence-corrected chi connectivity index (χ4v) is 6.68. The molecule has 0 bridgehead atoms. The zero-order valence-electron chi connectivity index (χ0n) is 20.5. The molecule has 1 saturated heterocycles. The first-order chi connectivity index (χ1) is 17.5. The number of nitrogens with one attached hydrogen (secondary N) is 1. The number of aryl methyl sites for hydroxylation is 2. The van der Waals surface area contributed by atoms with Crippen molar-refractivity contribution in [1.29, 1.82) is 0 Å². The van der Waals surface area contributed by atoms with Gasteiger partial charge in [-0.1, -0.05) is 11.8 Å². The second-order valence-electron chi connectivity index (χ2n) is 8.90. The van der Waals surface area contributed by atoms with Crippen molar-refractivity contribution in [3.05, 3.63) is 28.3 Å². The number of rotatable bonds is 9. The van der Waals surface area contributed by atoms with E-state index in [0.717, 1.165) is 56.4 Å². The van der Waals surface area contributed by atoms with E-state index < -0.39 is 0 Å². The van der Waals surface area contributed by atoms with Crippen LogP contribution in [0.3, 0.4) is 0 Å². The highest BCUT2D eigenvalue weighted by molar-refractivity contribution is 7.99. The van der Waals surface area contributed by atoms with Gasteiger partial charge in [-0.3, -0.25) is 14.0 Å². The first-order valence-electron chi connectivity index (χ1n) is 12.3. The highest BCUT2D eigenvalue weighted by Crippen LogP contribution is 2.39. The monoisotopic (exact) mass is 530 g/mol. The molecule has 4 heterocycles. The van der Waals surface area contributed by atoms with Crippen molar-refractivity contribution in [3.63, 3.8) is 0 Å². The second-order valence-corrected chi connectivity index (χ2v) is 10.9. The summed E-state index contributed by atoms with van der Waals surface area (Å²) in [5.74, 6) is 0.229. The third kappa shape index (κ3) is 5.35. The lowest BCUT2D eigenvalue weighted by molar-refractivity contribution is -0.113. The van der Waals surface area contributed by atoms with Crippen molar-refractivity contribution in [2.24, 2.45) is 7.05 Å². The number of esters is 1. The number of hydrogen-bond donors (Lipinski definition) is 1. The average molecular weight is 531 g/mol. The topological polar surface area (TPSA) is 113 Å². The summed E-state index contributed by atoms with van der Waals surface area (Å²) in [5.41, 5.74) is 2.28. The van der Waals surface area contributed by atoms with Gasteiger partial charge < -0.3 is 14.8 Å². The number of aromatic nitrogens is 5. The second kappa shape index (κ2) is 11.1. The molecule has 1 aliphatic carbocycles. The summed E-state index contributed by atoms with van der Waals surface area (Å²) in [6, 6.07) is 1.90. The molecule has 1 atom stereocenters. The van der Waals surface area contributed by atoms with Gasteiger partial charge in [0.1, 0.15) is 10.7 Å². The number of nitrogens with zero attached hydrogens (tertiary/aromatic N) is 5. The Morgan fingerprint density at radius 3 is 2.89 bits per heavy atom. The summed E-state index contributed by atoms with van der Waals surface area (Å²) in [6.07, 6.45) is 7.86. The van der Waals surface area contributed by atoms with Crippen LogP contribution in [0.25, 0.3) is 11.5 Å². The number of carbonyl (C=O) groups excluding carboxylic acids is 2. The van der Waals surface area contributed by atoms with Crippen LogP contribution in [-0.2, 0) is 40.7 Å². The van der Waals surface area contributed by atoms with Gasteiger partial charge in [-0.05, 0) is 57.1 Å². The minimum Gasteiger partial charge on any atom is -0.462 e. The molecule has 3 aromatic rings. The van der Waals surface area contributed by atoms with Crippen LogP contribution in [0.5, 0.6) is 0 Å². The summed E-state index contributed by atoms with van der Waals surface area (Å²) in [4.78, 5) is 26.9. The molecular weight excluding hydrogens is 500 g/mol. The Balaban J connectivity index is 1.32. The predicted molar refractivity (Wildman–Crippen MR) is 137 cm³/mol. The van der Waals surface area contributed by atoms with Gasteiger partial charge in [-0.15, -0.1) is 21.5 Å². The van der Waals surface area contributed by atoms with E-state index in [-0.39, 0.29) is 23.7 Å². The molecule has 2 aliphatic rings. The van der Waals surface area contributed by atoms with Gasteiger partial charge in [0, 0.05) is 24.7 Å². The molecule has 36 heavy (non-hydrogen) atoms. The molecular formula is C24H30N6O4S2. The van der Waals surface area contributed by atoms with Crippen molar-refractivity contribution >= 4 is 40.0 Å². The number of ether oxygens (including phenoxy) is 2. The van der Waals surface area contributed by atoms with E-state index in [2.05, 4.69) is 20.6 Å². The number of thiophene rings is 1. The SMILES string of the molecule is CCOC(=O)c1c(NC(=O)CSc2nnc(-c3ccn(C)n3)n2C[C@H]2CCCO2)sc2c1CCCC2. The molecule has 1 aliphatic heterocycles. The lowest BCUT2D eigenvalue weighted by Crippen LogP contribution is -2.19. The van der Waals surface area contributed by atoms with Crippen molar-refractivity contribution in [2.45, 2.75) is 63.3 Å². The van der Waals surface area contributed by atoms with E-state index in [1.165, 1.54) is 28.0 Å². The Bertz CT molecular complexity index is 1240.